The van der Waals surface area contributed by atoms with Crippen molar-refractivity contribution in [2.24, 2.45) is 5.73 Å². The Kier molecular flexibility index (Phi) is 7.30. The Morgan fingerprint density at radius 1 is 1.33 bits per heavy atom. The first-order chi connectivity index (χ1) is 5.81. The standard InChI is InChI=1S/C8H15N3O/c9-6-4-2-1-3-5-8(12)11-7-10/h1-6,9H2,(H,11,12). The SMILES string of the molecule is N#CNC(=O)CCCCCCN. The van der Waals surface area contributed by atoms with Gasteiger partial charge in [-0.05, 0) is 19.4 Å². The highest BCUT2D eigenvalue weighted by Crippen LogP contribution is 2.01. The minimum atomic E-state index is -0.190. The molecule has 0 aromatic carbocycles. The fourth-order valence-corrected chi connectivity index (χ4v) is 0.908. The summed E-state index contributed by atoms with van der Waals surface area (Å²) in [6.07, 6.45) is 5.97. The zero-order valence-corrected chi connectivity index (χ0v) is 7.18. The maximum Gasteiger partial charge on any atom is 0.232 e. The number of rotatable bonds is 6. The van der Waals surface area contributed by atoms with Gasteiger partial charge in [0, 0.05) is 6.42 Å². The molecule has 0 bridgehead atoms. The molecule has 68 valence electrons. The van der Waals surface area contributed by atoms with Crippen molar-refractivity contribution in [3.8, 4) is 6.19 Å². The Labute approximate surface area is 72.7 Å². The van der Waals surface area contributed by atoms with E-state index < -0.39 is 0 Å². The zero-order valence-electron chi connectivity index (χ0n) is 7.18. The highest BCUT2D eigenvalue weighted by molar-refractivity contribution is 5.77. The Morgan fingerprint density at radius 3 is 2.58 bits per heavy atom. The molecule has 0 aromatic heterocycles. The number of carbonyl (C=O) groups is 1. The number of amides is 1. The topological polar surface area (TPSA) is 78.9 Å². The number of hydrogen-bond donors (Lipinski definition) is 2. The van der Waals surface area contributed by atoms with Crippen LogP contribution in [-0.2, 0) is 4.79 Å². The molecule has 1 amide bonds. The minimum absolute atomic E-state index is 0.190. The van der Waals surface area contributed by atoms with Gasteiger partial charge in [-0.25, -0.2) is 0 Å². The van der Waals surface area contributed by atoms with Gasteiger partial charge in [0.2, 0.25) is 5.91 Å². The third kappa shape index (κ3) is 7.03. The first-order valence-electron chi connectivity index (χ1n) is 4.19. The number of nitrogens with one attached hydrogen (secondary N) is 1. The maximum absolute atomic E-state index is 10.7. The second-order valence-corrected chi connectivity index (χ2v) is 2.61. The quantitative estimate of drug-likeness (QED) is 0.345. The highest BCUT2D eigenvalue weighted by atomic mass is 16.1. The molecule has 0 saturated carbocycles. The zero-order chi connectivity index (χ0) is 9.23. The van der Waals surface area contributed by atoms with E-state index in [9.17, 15) is 4.79 Å². The Hall–Kier alpha value is -1.08. The average Bonchev–Trinajstić information content (AvgIpc) is 2.05. The van der Waals surface area contributed by atoms with E-state index in [1.165, 1.54) is 0 Å². The third-order valence-electron chi connectivity index (χ3n) is 1.55. The molecule has 0 spiro atoms. The summed E-state index contributed by atoms with van der Waals surface area (Å²) in [5.74, 6) is -0.190. The van der Waals surface area contributed by atoms with Crippen LogP contribution < -0.4 is 11.1 Å². The Bertz CT molecular complexity index is 162. The Balaban J connectivity index is 3.10. The fraction of sp³-hybridized carbons (Fsp3) is 0.750. The van der Waals surface area contributed by atoms with Gasteiger partial charge in [0.1, 0.15) is 0 Å². The van der Waals surface area contributed by atoms with Crippen molar-refractivity contribution in [2.75, 3.05) is 6.54 Å². The van der Waals surface area contributed by atoms with Crippen molar-refractivity contribution in [1.29, 1.82) is 5.26 Å². The first kappa shape index (κ1) is 10.9. The molecule has 0 aliphatic rings. The predicted octanol–water partition coefficient (Wildman–Crippen LogP) is 0.493. The molecule has 0 fully saturated rings. The van der Waals surface area contributed by atoms with Gasteiger partial charge in [-0.1, -0.05) is 12.8 Å². The molecule has 0 aliphatic carbocycles. The van der Waals surface area contributed by atoms with Crippen LogP contribution >= 0.6 is 0 Å². The van der Waals surface area contributed by atoms with E-state index in [0.717, 1.165) is 25.7 Å². The lowest BCUT2D eigenvalue weighted by atomic mass is 10.1. The normalized spacial score (nSPS) is 9.00. The van der Waals surface area contributed by atoms with Gasteiger partial charge in [0.25, 0.3) is 0 Å². The van der Waals surface area contributed by atoms with Crippen LogP contribution in [0.1, 0.15) is 32.1 Å². The number of nitrogens with two attached hydrogens (primary N) is 1. The Morgan fingerprint density at radius 2 is 2.00 bits per heavy atom. The van der Waals surface area contributed by atoms with Crippen molar-refractivity contribution < 1.29 is 4.79 Å². The van der Waals surface area contributed by atoms with Gasteiger partial charge in [0.15, 0.2) is 6.19 Å². The van der Waals surface area contributed by atoms with E-state index in [1.807, 2.05) is 0 Å². The molecule has 0 radical (unpaired) electrons. The molecular weight excluding hydrogens is 154 g/mol. The summed E-state index contributed by atoms with van der Waals surface area (Å²) < 4.78 is 0. The fourth-order valence-electron chi connectivity index (χ4n) is 0.908. The van der Waals surface area contributed by atoms with Gasteiger partial charge in [-0.15, -0.1) is 0 Å². The molecule has 3 N–H and O–H groups in total. The molecule has 0 heterocycles. The molecule has 12 heavy (non-hydrogen) atoms. The van der Waals surface area contributed by atoms with E-state index in [0.29, 0.717) is 13.0 Å². The van der Waals surface area contributed by atoms with Crippen LogP contribution in [0.15, 0.2) is 0 Å². The molecule has 0 unspecified atom stereocenters. The number of hydrogen-bond acceptors (Lipinski definition) is 3. The van der Waals surface area contributed by atoms with Crippen molar-refractivity contribution >= 4 is 5.91 Å². The van der Waals surface area contributed by atoms with Gasteiger partial charge < -0.3 is 5.73 Å². The lowest BCUT2D eigenvalue weighted by molar-refractivity contribution is -0.120. The largest absolute Gasteiger partial charge is 0.330 e. The summed E-state index contributed by atoms with van der Waals surface area (Å²) in [4.78, 5) is 10.7. The van der Waals surface area contributed by atoms with Crippen molar-refractivity contribution in [3.05, 3.63) is 0 Å². The second-order valence-electron chi connectivity index (χ2n) is 2.61. The van der Waals surface area contributed by atoms with Crippen LogP contribution in [0.4, 0.5) is 0 Å². The van der Waals surface area contributed by atoms with E-state index >= 15 is 0 Å². The molecule has 0 aliphatic heterocycles. The molecular formula is C8H15N3O. The molecule has 0 atom stereocenters. The molecule has 4 nitrogen and oxygen atoms in total. The van der Waals surface area contributed by atoms with Crippen LogP contribution in [0.3, 0.4) is 0 Å². The van der Waals surface area contributed by atoms with Crippen LogP contribution in [0.25, 0.3) is 0 Å². The van der Waals surface area contributed by atoms with E-state index in [-0.39, 0.29) is 5.91 Å². The maximum atomic E-state index is 10.7. The minimum Gasteiger partial charge on any atom is -0.330 e. The van der Waals surface area contributed by atoms with Gasteiger partial charge in [0.05, 0.1) is 0 Å². The van der Waals surface area contributed by atoms with Crippen LogP contribution in [-0.4, -0.2) is 12.5 Å². The van der Waals surface area contributed by atoms with Crippen molar-refractivity contribution in [1.82, 2.24) is 5.32 Å². The number of nitriles is 1. The second kappa shape index (κ2) is 8.02. The smallest absolute Gasteiger partial charge is 0.232 e. The lowest BCUT2D eigenvalue weighted by Crippen LogP contribution is -2.16. The van der Waals surface area contributed by atoms with Crippen LogP contribution in [0.5, 0.6) is 0 Å². The molecule has 0 aromatic rings. The first-order valence-corrected chi connectivity index (χ1v) is 4.19. The van der Waals surface area contributed by atoms with Gasteiger partial charge >= 0.3 is 0 Å². The van der Waals surface area contributed by atoms with Gasteiger partial charge in [-0.3, -0.25) is 10.1 Å². The lowest BCUT2D eigenvalue weighted by Gasteiger charge is -1.97. The summed E-state index contributed by atoms with van der Waals surface area (Å²) in [7, 11) is 0. The predicted molar refractivity (Wildman–Crippen MR) is 45.9 cm³/mol. The van der Waals surface area contributed by atoms with Crippen LogP contribution in [0.2, 0.25) is 0 Å². The van der Waals surface area contributed by atoms with E-state index in [1.54, 1.807) is 6.19 Å². The summed E-state index contributed by atoms with van der Waals surface area (Å²) >= 11 is 0. The molecule has 0 saturated heterocycles. The average molecular weight is 169 g/mol. The van der Waals surface area contributed by atoms with Gasteiger partial charge in [-0.2, -0.15) is 5.26 Å². The molecule has 4 heteroatoms. The number of carbonyl (C=O) groups excluding carboxylic acids is 1. The summed E-state index contributed by atoms with van der Waals surface area (Å²) in [6, 6.07) is 0. The third-order valence-corrected chi connectivity index (χ3v) is 1.55. The summed E-state index contributed by atoms with van der Waals surface area (Å²) in [5.41, 5.74) is 5.30. The summed E-state index contributed by atoms with van der Waals surface area (Å²) in [6.45, 7) is 0.713. The monoisotopic (exact) mass is 169 g/mol. The van der Waals surface area contributed by atoms with E-state index in [4.69, 9.17) is 11.0 Å². The number of nitrogens with zero attached hydrogens (tertiary/aromatic N) is 1. The van der Waals surface area contributed by atoms with Crippen molar-refractivity contribution in [3.63, 3.8) is 0 Å². The summed E-state index contributed by atoms with van der Waals surface area (Å²) in [5, 5.41) is 10.2. The highest BCUT2D eigenvalue weighted by Gasteiger charge is 1.98. The molecule has 0 rings (SSSR count). The van der Waals surface area contributed by atoms with Crippen LogP contribution in [0, 0.1) is 11.5 Å². The van der Waals surface area contributed by atoms with E-state index in [2.05, 4.69) is 5.32 Å². The number of unbranched alkanes of at least 4 members (excludes halogenated alkanes) is 3. The van der Waals surface area contributed by atoms with Crippen molar-refractivity contribution in [2.45, 2.75) is 32.1 Å².